The molecule has 9 atom stereocenters. The summed E-state index contributed by atoms with van der Waals surface area (Å²) in [4.78, 5) is 13.1. The van der Waals surface area contributed by atoms with Crippen molar-refractivity contribution in [1.29, 1.82) is 0 Å². The number of unbranched alkanes of at least 4 members (excludes halogenated alkanes) is 42. The van der Waals surface area contributed by atoms with Crippen LogP contribution in [0.15, 0.2) is 0 Å². The maximum Gasteiger partial charge on any atom is 0.249 e. The lowest BCUT2D eigenvalue weighted by Crippen LogP contribution is -2.60. The SMILES string of the molecule is CCCCCCCCCCCCCCCCCCCCCCCCCCCCCCCCCCCCCCCCC(O)C(=O)NC(COC1OC(CO)C(O)C(O)C1O)C(O)C(O)CCCCCCCC. The van der Waals surface area contributed by atoms with Crippen LogP contribution in [0.25, 0.3) is 0 Å². The average Bonchev–Trinajstić information content (AvgIpc) is 3.37. The Hall–Kier alpha value is -0.890. The predicted molar refractivity (Wildman–Crippen MR) is 293 cm³/mol. The number of ether oxygens (including phenoxy) is 2. The van der Waals surface area contributed by atoms with Gasteiger partial charge in [0.1, 0.15) is 36.6 Å². The van der Waals surface area contributed by atoms with Crippen molar-refractivity contribution in [3.8, 4) is 0 Å². The minimum absolute atomic E-state index is 0.266. The first-order valence-electron chi connectivity index (χ1n) is 30.9. The Morgan fingerprint density at radius 3 is 1.04 bits per heavy atom. The maximum absolute atomic E-state index is 13.1. The minimum atomic E-state index is -1.66. The molecule has 8 N–H and O–H groups in total. The van der Waals surface area contributed by atoms with E-state index in [4.69, 9.17) is 9.47 Å². The second-order valence-corrected chi connectivity index (χ2v) is 22.1. The van der Waals surface area contributed by atoms with Crippen molar-refractivity contribution in [2.24, 2.45) is 0 Å². The molecule has 0 bridgehead atoms. The molecular weight excluding hydrogens is 895 g/mol. The standard InChI is InChI=1S/C60H119NO10/c1-3-5-7-9-11-12-13-14-15-16-17-18-19-20-21-22-23-24-25-26-27-28-29-30-31-32-33-34-35-36-37-38-39-40-41-42-44-46-48-53(64)59(69)61-51(55(65)52(63)47-45-43-10-8-6-4-2)50-70-60-58(68)57(67)56(66)54(49-62)71-60/h51-58,60,62-68H,3-50H2,1-2H3,(H,61,69). The maximum atomic E-state index is 13.1. The molecule has 1 fully saturated rings. The Morgan fingerprint density at radius 2 is 0.732 bits per heavy atom. The van der Waals surface area contributed by atoms with Gasteiger partial charge in [-0.1, -0.05) is 296 Å². The van der Waals surface area contributed by atoms with Gasteiger partial charge in [0.15, 0.2) is 6.29 Å². The normalized spacial score (nSPS) is 20.0. The molecule has 424 valence electrons. The van der Waals surface area contributed by atoms with Gasteiger partial charge in [-0.15, -0.1) is 0 Å². The number of hydrogen-bond acceptors (Lipinski definition) is 10. The highest BCUT2D eigenvalue weighted by molar-refractivity contribution is 5.80. The van der Waals surface area contributed by atoms with Crippen molar-refractivity contribution in [1.82, 2.24) is 5.32 Å². The summed E-state index contributed by atoms with van der Waals surface area (Å²) in [7, 11) is 0. The summed E-state index contributed by atoms with van der Waals surface area (Å²) in [5.74, 6) is -0.695. The summed E-state index contributed by atoms with van der Waals surface area (Å²) < 4.78 is 11.1. The van der Waals surface area contributed by atoms with Gasteiger partial charge in [-0.25, -0.2) is 0 Å². The van der Waals surface area contributed by atoms with Crippen molar-refractivity contribution >= 4 is 5.91 Å². The van der Waals surface area contributed by atoms with E-state index < -0.39 is 74.2 Å². The molecule has 0 radical (unpaired) electrons. The molecule has 1 aliphatic rings. The Kier molecular flexibility index (Phi) is 47.9. The summed E-state index contributed by atoms with van der Waals surface area (Å²) in [5, 5.41) is 75.5. The highest BCUT2D eigenvalue weighted by atomic mass is 16.7. The van der Waals surface area contributed by atoms with Gasteiger partial charge in [0.25, 0.3) is 0 Å². The van der Waals surface area contributed by atoms with Crippen LogP contribution in [0.1, 0.15) is 309 Å². The van der Waals surface area contributed by atoms with E-state index in [0.29, 0.717) is 19.3 Å². The first kappa shape index (κ1) is 68.1. The minimum Gasteiger partial charge on any atom is -0.394 e. The van der Waals surface area contributed by atoms with Crippen LogP contribution in [-0.2, 0) is 14.3 Å². The van der Waals surface area contributed by atoms with Crippen molar-refractivity contribution < 1.29 is 50.0 Å². The highest BCUT2D eigenvalue weighted by Crippen LogP contribution is 2.24. The largest absolute Gasteiger partial charge is 0.394 e. The fourth-order valence-electron chi connectivity index (χ4n) is 10.4. The van der Waals surface area contributed by atoms with Gasteiger partial charge < -0.3 is 50.5 Å². The monoisotopic (exact) mass is 1010 g/mol. The molecule has 9 unspecified atom stereocenters. The fourth-order valence-corrected chi connectivity index (χ4v) is 10.4. The number of hydrogen-bond donors (Lipinski definition) is 8. The Labute approximate surface area is 437 Å². The summed E-state index contributed by atoms with van der Waals surface area (Å²) in [6.07, 6.45) is 47.0. The zero-order valence-electron chi connectivity index (χ0n) is 46.5. The molecule has 1 heterocycles. The third kappa shape index (κ3) is 38.3. The lowest BCUT2D eigenvalue weighted by molar-refractivity contribution is -0.303. The van der Waals surface area contributed by atoms with Crippen molar-refractivity contribution in [2.75, 3.05) is 13.2 Å². The number of aliphatic hydroxyl groups excluding tert-OH is 7. The molecule has 71 heavy (non-hydrogen) atoms. The molecular formula is C60H119NO10. The van der Waals surface area contributed by atoms with Gasteiger partial charge >= 0.3 is 0 Å². The number of aliphatic hydroxyl groups is 7. The summed E-state index contributed by atoms with van der Waals surface area (Å²) >= 11 is 0. The van der Waals surface area contributed by atoms with Gasteiger partial charge in [-0.3, -0.25) is 4.79 Å². The van der Waals surface area contributed by atoms with Crippen LogP contribution in [-0.4, -0.2) is 110 Å². The van der Waals surface area contributed by atoms with Crippen molar-refractivity contribution in [3.63, 3.8) is 0 Å². The third-order valence-electron chi connectivity index (χ3n) is 15.4. The second kappa shape index (κ2) is 50.0. The Balaban J connectivity index is 2.00. The van der Waals surface area contributed by atoms with E-state index >= 15 is 0 Å². The lowest BCUT2D eigenvalue weighted by Gasteiger charge is -2.40. The van der Waals surface area contributed by atoms with Gasteiger partial charge in [0, 0.05) is 0 Å². The van der Waals surface area contributed by atoms with E-state index in [1.165, 1.54) is 218 Å². The summed E-state index contributed by atoms with van der Waals surface area (Å²) in [6.45, 7) is 3.39. The third-order valence-corrected chi connectivity index (χ3v) is 15.4. The average molecular weight is 1010 g/mol. The first-order valence-corrected chi connectivity index (χ1v) is 30.9. The molecule has 0 saturated carbocycles. The molecule has 0 aromatic rings. The van der Waals surface area contributed by atoms with Crippen LogP contribution in [0.4, 0.5) is 0 Å². The van der Waals surface area contributed by atoms with Crippen molar-refractivity contribution in [2.45, 2.75) is 364 Å². The second-order valence-electron chi connectivity index (χ2n) is 22.1. The Bertz CT molecular complexity index is 1120. The molecule has 1 rings (SSSR count). The molecule has 1 amide bonds. The van der Waals surface area contributed by atoms with Crippen LogP contribution in [0, 0.1) is 0 Å². The molecule has 0 aromatic carbocycles. The quantitative estimate of drug-likeness (QED) is 0.0272. The van der Waals surface area contributed by atoms with Gasteiger partial charge in [-0.2, -0.15) is 0 Å². The summed E-state index contributed by atoms with van der Waals surface area (Å²) in [6, 6.07) is -1.16. The Morgan fingerprint density at radius 1 is 0.437 bits per heavy atom. The van der Waals surface area contributed by atoms with Gasteiger partial charge in [0.05, 0.1) is 25.4 Å². The molecule has 1 aliphatic heterocycles. The molecule has 0 aromatic heterocycles. The topological polar surface area (TPSA) is 189 Å². The smallest absolute Gasteiger partial charge is 0.249 e. The molecule has 0 aliphatic carbocycles. The van der Waals surface area contributed by atoms with E-state index in [1.54, 1.807) is 0 Å². The molecule has 11 heteroatoms. The summed E-state index contributed by atoms with van der Waals surface area (Å²) in [5.41, 5.74) is 0. The number of carbonyl (C=O) groups is 1. The van der Waals surface area contributed by atoms with Crippen LogP contribution in [0.5, 0.6) is 0 Å². The first-order chi connectivity index (χ1) is 34.7. The van der Waals surface area contributed by atoms with E-state index in [2.05, 4.69) is 19.2 Å². The van der Waals surface area contributed by atoms with E-state index in [1.807, 2.05) is 0 Å². The number of carbonyl (C=O) groups excluding carboxylic acids is 1. The zero-order valence-corrected chi connectivity index (χ0v) is 46.5. The van der Waals surface area contributed by atoms with Crippen LogP contribution >= 0.6 is 0 Å². The number of amides is 1. The van der Waals surface area contributed by atoms with E-state index in [0.717, 1.165) is 51.4 Å². The van der Waals surface area contributed by atoms with Crippen LogP contribution in [0.2, 0.25) is 0 Å². The zero-order chi connectivity index (χ0) is 51.8. The highest BCUT2D eigenvalue weighted by Gasteiger charge is 2.44. The van der Waals surface area contributed by atoms with Gasteiger partial charge in [0.2, 0.25) is 5.91 Å². The van der Waals surface area contributed by atoms with Gasteiger partial charge in [-0.05, 0) is 12.8 Å². The fraction of sp³-hybridized carbons (Fsp3) is 0.983. The van der Waals surface area contributed by atoms with Crippen molar-refractivity contribution in [3.05, 3.63) is 0 Å². The molecule has 11 nitrogen and oxygen atoms in total. The molecule has 0 spiro atoms. The van der Waals surface area contributed by atoms with Crippen LogP contribution in [0.3, 0.4) is 0 Å². The van der Waals surface area contributed by atoms with E-state index in [9.17, 15) is 40.5 Å². The number of rotatable bonds is 54. The van der Waals surface area contributed by atoms with E-state index in [-0.39, 0.29) is 6.42 Å². The van der Waals surface area contributed by atoms with Crippen LogP contribution < -0.4 is 5.32 Å². The molecule has 1 saturated heterocycles. The number of nitrogens with one attached hydrogen (secondary N) is 1. The lowest BCUT2D eigenvalue weighted by atomic mass is 9.98. The predicted octanol–water partition coefficient (Wildman–Crippen LogP) is 13.4.